The van der Waals surface area contributed by atoms with Crippen molar-refractivity contribution in [2.45, 2.75) is 6.92 Å². The van der Waals surface area contributed by atoms with Crippen LogP contribution >= 0.6 is 11.6 Å². The number of rotatable bonds is 8. The van der Waals surface area contributed by atoms with Crippen molar-refractivity contribution in [1.29, 1.82) is 0 Å². The van der Waals surface area contributed by atoms with Crippen molar-refractivity contribution in [2.75, 3.05) is 18.6 Å². The smallest absolute Gasteiger partial charge is 0.255 e. The van der Waals surface area contributed by atoms with E-state index in [1.807, 2.05) is 37.3 Å². The van der Waals surface area contributed by atoms with E-state index in [1.165, 1.54) is 0 Å². The second kappa shape index (κ2) is 8.79. The third-order valence-electron chi connectivity index (χ3n) is 2.87. The van der Waals surface area contributed by atoms with Crippen LogP contribution in [0.3, 0.4) is 0 Å². The highest BCUT2D eigenvalue weighted by Gasteiger charge is 2.13. The van der Waals surface area contributed by atoms with Crippen molar-refractivity contribution in [3.63, 3.8) is 0 Å². The van der Waals surface area contributed by atoms with E-state index in [-0.39, 0.29) is 12.4 Å². The fraction of sp³-hybridized carbons (Fsp3) is 0.176. The number of para-hydroxylation sites is 1. The first kappa shape index (κ1) is 17.6. The van der Waals surface area contributed by atoms with Crippen molar-refractivity contribution >= 4 is 29.4 Å². The minimum atomic E-state index is -0.591. The minimum Gasteiger partial charge on any atom is -0.490 e. The van der Waals surface area contributed by atoms with Gasteiger partial charge in [0.25, 0.3) is 5.91 Å². The van der Waals surface area contributed by atoms with Gasteiger partial charge >= 0.3 is 0 Å². The summed E-state index contributed by atoms with van der Waals surface area (Å²) >= 11 is 6.21. The van der Waals surface area contributed by atoms with Crippen LogP contribution in [-0.2, 0) is 4.79 Å². The number of anilines is 1. The summed E-state index contributed by atoms with van der Waals surface area (Å²) in [5, 5.41) is 4.46. The lowest BCUT2D eigenvalue weighted by atomic mass is 10.2. The Balaban J connectivity index is 2.17. The first-order chi connectivity index (χ1) is 11.6. The van der Waals surface area contributed by atoms with Crippen molar-refractivity contribution in [1.82, 2.24) is 0 Å². The van der Waals surface area contributed by atoms with E-state index in [0.29, 0.717) is 17.4 Å². The van der Waals surface area contributed by atoms with Crippen LogP contribution in [0.1, 0.15) is 12.5 Å². The number of nitrogens with zero attached hydrogens (tertiary/aromatic N) is 1. The molecule has 0 fully saturated rings. The van der Waals surface area contributed by atoms with Crippen LogP contribution in [0.5, 0.6) is 11.5 Å². The van der Waals surface area contributed by atoms with E-state index in [2.05, 4.69) is 10.5 Å². The Hall–Kier alpha value is -2.73. The van der Waals surface area contributed by atoms with Gasteiger partial charge in [0, 0.05) is 0 Å². The summed E-state index contributed by atoms with van der Waals surface area (Å²) in [6.45, 7) is 1.98. The molecule has 0 aromatic heterocycles. The first-order valence-electron chi connectivity index (χ1n) is 7.31. The number of amides is 1. The Labute approximate surface area is 145 Å². The predicted molar refractivity (Wildman–Crippen MR) is 95.0 cm³/mol. The molecular weight excluding hydrogens is 330 g/mol. The Morgan fingerprint density at radius 3 is 2.71 bits per heavy atom. The van der Waals surface area contributed by atoms with E-state index in [9.17, 15) is 4.79 Å². The third kappa shape index (κ3) is 5.17. The highest BCUT2D eigenvalue weighted by molar-refractivity contribution is 6.32. The Morgan fingerprint density at radius 2 is 2.04 bits per heavy atom. The van der Waals surface area contributed by atoms with Crippen molar-refractivity contribution in [2.24, 2.45) is 10.8 Å². The fourth-order valence-corrected chi connectivity index (χ4v) is 2.18. The lowest BCUT2D eigenvalue weighted by Crippen LogP contribution is -2.20. The molecule has 2 aromatic rings. The minimum absolute atomic E-state index is 0.275. The number of carbonyl (C=O) groups is 1. The number of nitrogens with one attached hydrogen (secondary N) is 1. The third-order valence-corrected chi connectivity index (χ3v) is 3.15. The van der Waals surface area contributed by atoms with Gasteiger partial charge in [-0.1, -0.05) is 29.8 Å². The molecule has 1 amide bonds. The van der Waals surface area contributed by atoms with Gasteiger partial charge in [0.05, 0.1) is 23.5 Å². The van der Waals surface area contributed by atoms with Gasteiger partial charge in [-0.05, 0) is 36.8 Å². The molecule has 24 heavy (non-hydrogen) atoms. The number of carbonyl (C=O) groups excluding carboxylic acids is 1. The van der Waals surface area contributed by atoms with Crippen LogP contribution < -0.4 is 20.6 Å². The Morgan fingerprint density at radius 1 is 1.29 bits per heavy atom. The first-order valence-corrected chi connectivity index (χ1v) is 7.69. The average Bonchev–Trinajstić information content (AvgIpc) is 2.55. The molecule has 0 saturated carbocycles. The Kier molecular flexibility index (Phi) is 6.45. The van der Waals surface area contributed by atoms with E-state index >= 15 is 0 Å². The topological polar surface area (TPSA) is 85.9 Å². The van der Waals surface area contributed by atoms with Crippen LogP contribution in [0.15, 0.2) is 47.6 Å². The number of hydrogen-bond acceptors (Lipinski definition) is 5. The van der Waals surface area contributed by atoms with Gasteiger partial charge in [-0.2, -0.15) is 5.10 Å². The van der Waals surface area contributed by atoms with Crippen LogP contribution in [0.25, 0.3) is 0 Å². The summed E-state index contributed by atoms with van der Waals surface area (Å²) < 4.78 is 10.8. The molecule has 126 valence electrons. The lowest BCUT2D eigenvalue weighted by molar-refractivity contribution is -0.119. The quantitative estimate of drug-likeness (QED) is 0.567. The number of primary amides is 1. The largest absolute Gasteiger partial charge is 0.490 e. The van der Waals surface area contributed by atoms with Crippen molar-refractivity contribution in [3.05, 3.63) is 53.1 Å². The maximum Gasteiger partial charge on any atom is 0.255 e. The molecule has 7 heteroatoms. The van der Waals surface area contributed by atoms with Gasteiger partial charge in [-0.25, -0.2) is 0 Å². The van der Waals surface area contributed by atoms with Gasteiger partial charge in [0.1, 0.15) is 0 Å². The number of halogens is 1. The molecule has 0 aliphatic heterocycles. The molecule has 2 rings (SSSR count). The molecule has 0 aliphatic carbocycles. The number of hydrogen-bond donors (Lipinski definition) is 2. The zero-order valence-corrected chi connectivity index (χ0v) is 13.9. The molecule has 0 radical (unpaired) electrons. The molecule has 0 heterocycles. The van der Waals surface area contributed by atoms with Crippen LogP contribution in [0.4, 0.5) is 5.69 Å². The number of nitrogens with two attached hydrogens (primary N) is 1. The van der Waals surface area contributed by atoms with E-state index in [0.717, 1.165) is 11.3 Å². The highest BCUT2D eigenvalue weighted by Crippen LogP contribution is 2.36. The molecule has 3 N–H and O–H groups in total. The van der Waals surface area contributed by atoms with Gasteiger partial charge in [0.15, 0.2) is 18.1 Å². The summed E-state index contributed by atoms with van der Waals surface area (Å²) in [5.41, 5.74) is 9.59. The van der Waals surface area contributed by atoms with E-state index < -0.39 is 5.91 Å². The summed E-state index contributed by atoms with van der Waals surface area (Å²) in [4.78, 5) is 10.9. The molecule has 6 nitrogen and oxygen atoms in total. The monoisotopic (exact) mass is 347 g/mol. The zero-order chi connectivity index (χ0) is 17.4. The van der Waals surface area contributed by atoms with Crippen LogP contribution in [0, 0.1) is 0 Å². The molecule has 0 atom stereocenters. The molecule has 0 saturated heterocycles. The zero-order valence-electron chi connectivity index (χ0n) is 13.2. The summed E-state index contributed by atoms with van der Waals surface area (Å²) in [7, 11) is 0. The van der Waals surface area contributed by atoms with Crippen LogP contribution in [-0.4, -0.2) is 25.3 Å². The molecule has 0 spiro atoms. The van der Waals surface area contributed by atoms with Crippen molar-refractivity contribution in [3.8, 4) is 11.5 Å². The van der Waals surface area contributed by atoms with Crippen molar-refractivity contribution < 1.29 is 14.3 Å². The van der Waals surface area contributed by atoms with Gasteiger partial charge in [0.2, 0.25) is 0 Å². The summed E-state index contributed by atoms with van der Waals surface area (Å²) in [6, 6.07) is 12.9. The second-order valence-corrected chi connectivity index (χ2v) is 5.16. The molecule has 0 aliphatic rings. The maximum atomic E-state index is 10.9. The lowest BCUT2D eigenvalue weighted by Gasteiger charge is -2.13. The molecule has 0 bridgehead atoms. The highest BCUT2D eigenvalue weighted by atomic mass is 35.5. The van der Waals surface area contributed by atoms with E-state index in [4.69, 9.17) is 26.8 Å². The Bertz CT molecular complexity index is 721. The van der Waals surface area contributed by atoms with Gasteiger partial charge in [-0.3, -0.25) is 10.2 Å². The SMILES string of the molecule is CCOc1cc(C=NNc2ccccc2)cc(Cl)c1OCC(N)=O. The maximum absolute atomic E-state index is 10.9. The second-order valence-electron chi connectivity index (χ2n) is 4.75. The summed E-state index contributed by atoms with van der Waals surface area (Å²) in [6.07, 6.45) is 1.61. The van der Waals surface area contributed by atoms with Gasteiger partial charge in [-0.15, -0.1) is 0 Å². The molecule has 2 aromatic carbocycles. The fourth-order valence-electron chi connectivity index (χ4n) is 1.90. The number of hydrazone groups is 1. The molecular formula is C17H18ClN3O3. The van der Waals surface area contributed by atoms with Gasteiger partial charge < -0.3 is 15.2 Å². The molecule has 0 unspecified atom stereocenters. The van der Waals surface area contributed by atoms with Crippen LogP contribution in [0.2, 0.25) is 5.02 Å². The van der Waals surface area contributed by atoms with E-state index in [1.54, 1.807) is 18.3 Å². The summed E-state index contributed by atoms with van der Waals surface area (Å²) in [5.74, 6) is 0.115. The average molecular weight is 348 g/mol. The number of ether oxygens (including phenoxy) is 2. The normalized spacial score (nSPS) is 10.6. The predicted octanol–water partition coefficient (Wildman–Crippen LogP) is 3.05. The standard InChI is InChI=1S/C17H18ClN3O3/c1-2-23-15-9-12(8-14(18)17(15)24-11-16(19)22)10-20-21-13-6-4-3-5-7-13/h3-10,21H,2,11H2,1H3,(H2,19,22). The number of benzene rings is 2.